The van der Waals surface area contributed by atoms with Gasteiger partial charge in [-0.15, -0.1) is 5.10 Å². The summed E-state index contributed by atoms with van der Waals surface area (Å²) < 4.78 is 16.9. The van der Waals surface area contributed by atoms with Gasteiger partial charge in [-0.3, -0.25) is 19.0 Å². The van der Waals surface area contributed by atoms with Gasteiger partial charge in [0.05, 0.1) is 10.9 Å². The molecule has 4 rings (SSSR count). The second kappa shape index (κ2) is 10.00. The molecule has 1 N–H and O–H groups in total. The third kappa shape index (κ3) is 4.89. The van der Waals surface area contributed by atoms with E-state index in [1.807, 2.05) is 13.8 Å². The molecule has 37 heavy (non-hydrogen) atoms. The summed E-state index contributed by atoms with van der Waals surface area (Å²) in [6.07, 6.45) is 0. The van der Waals surface area contributed by atoms with Crippen LogP contribution in [-0.2, 0) is 11.3 Å². The minimum absolute atomic E-state index is 0.0643. The van der Waals surface area contributed by atoms with Crippen LogP contribution < -0.4 is 21.5 Å². The van der Waals surface area contributed by atoms with Gasteiger partial charge >= 0.3 is 5.69 Å². The van der Waals surface area contributed by atoms with Crippen molar-refractivity contribution in [2.75, 3.05) is 18.5 Å². The first-order valence-electron chi connectivity index (χ1n) is 12.0. The molecule has 2 amide bonds. The molecule has 0 radical (unpaired) electrons. The van der Waals surface area contributed by atoms with Crippen LogP contribution in [0.3, 0.4) is 0 Å². The Morgan fingerprint density at radius 2 is 1.73 bits per heavy atom. The van der Waals surface area contributed by atoms with Crippen LogP contribution in [0.15, 0.2) is 52.1 Å². The van der Waals surface area contributed by atoms with E-state index in [9.17, 15) is 23.6 Å². The van der Waals surface area contributed by atoms with Crippen LogP contribution in [0.2, 0.25) is 0 Å². The molecule has 0 saturated carbocycles. The number of likely N-dealkylation sites (N-methyl/N-ethyl adjacent to an activating group) is 1. The summed E-state index contributed by atoms with van der Waals surface area (Å²) >= 11 is 0. The molecule has 2 aromatic heterocycles. The van der Waals surface area contributed by atoms with Crippen molar-refractivity contribution in [1.82, 2.24) is 24.1 Å². The molecule has 0 bridgehead atoms. The number of nitrogens with one attached hydrogen (secondary N) is 1. The maximum absolute atomic E-state index is 13.5. The first-order chi connectivity index (χ1) is 17.5. The first-order valence-corrected chi connectivity index (χ1v) is 12.0. The number of aromatic nitrogens is 4. The predicted molar refractivity (Wildman–Crippen MR) is 139 cm³/mol. The van der Waals surface area contributed by atoms with E-state index in [4.69, 9.17) is 0 Å². The summed E-state index contributed by atoms with van der Waals surface area (Å²) in [6.45, 7) is 7.60. The second-order valence-corrected chi connectivity index (χ2v) is 9.61. The lowest BCUT2D eigenvalue weighted by molar-refractivity contribution is -0.119. The quantitative estimate of drug-likeness (QED) is 0.413. The van der Waals surface area contributed by atoms with Crippen molar-refractivity contribution in [1.29, 1.82) is 0 Å². The Hall–Kier alpha value is -4.28. The topological polar surface area (TPSA) is 111 Å². The summed E-state index contributed by atoms with van der Waals surface area (Å²) in [5.74, 6) is -0.908. The van der Waals surface area contributed by atoms with Crippen molar-refractivity contribution < 1.29 is 14.0 Å². The highest BCUT2D eigenvalue weighted by atomic mass is 19.1. The maximum atomic E-state index is 13.5. The van der Waals surface area contributed by atoms with Crippen LogP contribution >= 0.6 is 0 Å². The number of nitrogens with zero attached hydrogens (tertiary/aromatic N) is 5. The van der Waals surface area contributed by atoms with Crippen molar-refractivity contribution in [3.05, 3.63) is 74.7 Å². The summed E-state index contributed by atoms with van der Waals surface area (Å²) in [7, 11) is 1.51. The maximum Gasteiger partial charge on any atom is 0.352 e. The number of halogens is 1. The molecule has 2 aromatic carbocycles. The van der Waals surface area contributed by atoms with Gasteiger partial charge in [0.2, 0.25) is 11.7 Å². The number of anilines is 1. The highest BCUT2D eigenvalue weighted by Crippen LogP contribution is 2.17. The van der Waals surface area contributed by atoms with E-state index in [2.05, 4.69) is 10.4 Å². The minimum atomic E-state index is -0.630. The van der Waals surface area contributed by atoms with Crippen molar-refractivity contribution in [2.45, 2.75) is 40.3 Å². The lowest BCUT2D eigenvalue weighted by Crippen LogP contribution is -2.34. The van der Waals surface area contributed by atoms with Crippen LogP contribution in [0.1, 0.15) is 44.1 Å². The summed E-state index contributed by atoms with van der Waals surface area (Å²) in [5.41, 5.74) is -0.0223. The number of carbonyl (C=O) groups is 2. The molecular weight excluding hydrogens is 479 g/mol. The monoisotopic (exact) mass is 508 g/mol. The Kier molecular flexibility index (Phi) is 6.97. The third-order valence-corrected chi connectivity index (χ3v) is 6.05. The van der Waals surface area contributed by atoms with Gasteiger partial charge in [0.15, 0.2) is 0 Å². The Morgan fingerprint density at radius 3 is 2.35 bits per heavy atom. The molecule has 0 spiro atoms. The van der Waals surface area contributed by atoms with Crippen molar-refractivity contribution in [3.8, 4) is 0 Å². The number of hydrogen-bond donors (Lipinski definition) is 1. The van der Waals surface area contributed by atoms with Crippen LogP contribution in [-0.4, -0.2) is 44.2 Å². The van der Waals surface area contributed by atoms with Gasteiger partial charge in [0.25, 0.3) is 11.5 Å². The number of fused-ring (bicyclic) bond motifs is 3. The number of carbonyl (C=O) groups excluding carboxylic acids is 2. The largest absolute Gasteiger partial charge is 0.352 e. The fourth-order valence-corrected chi connectivity index (χ4v) is 4.03. The number of amides is 2. The second-order valence-electron chi connectivity index (χ2n) is 9.61. The van der Waals surface area contributed by atoms with E-state index >= 15 is 0 Å². The normalized spacial score (nSPS) is 11.6. The zero-order valence-electron chi connectivity index (χ0n) is 21.4. The third-order valence-electron chi connectivity index (χ3n) is 6.05. The number of hydrogen-bond acceptors (Lipinski definition) is 5. The predicted octanol–water partition coefficient (Wildman–Crippen LogP) is 2.58. The van der Waals surface area contributed by atoms with E-state index in [-0.39, 0.29) is 40.1 Å². The molecule has 10 nitrogen and oxygen atoms in total. The van der Waals surface area contributed by atoms with E-state index in [1.165, 1.54) is 57.3 Å². The molecule has 0 aliphatic heterocycles. The first kappa shape index (κ1) is 25.8. The Balaban J connectivity index is 1.83. The average Bonchev–Trinajstić information content (AvgIpc) is 3.17. The average molecular weight is 509 g/mol. The number of rotatable bonds is 7. The van der Waals surface area contributed by atoms with Gasteiger partial charge in [-0.25, -0.2) is 18.3 Å². The van der Waals surface area contributed by atoms with E-state index < -0.39 is 24.0 Å². The highest BCUT2D eigenvalue weighted by Gasteiger charge is 2.22. The van der Waals surface area contributed by atoms with Gasteiger partial charge in [-0.05, 0) is 62.2 Å². The SMILES string of the molecule is CC(C)CNC(=O)c1ccc2c(=O)n(C(C)C)c3nn(CC(=O)N(C)c4ccc(F)cc4)c(=O)n3c2c1. The molecule has 0 saturated heterocycles. The van der Waals surface area contributed by atoms with Crippen LogP contribution in [0.4, 0.5) is 10.1 Å². The lowest BCUT2D eigenvalue weighted by atomic mass is 10.1. The van der Waals surface area contributed by atoms with E-state index in [0.717, 1.165) is 4.68 Å². The van der Waals surface area contributed by atoms with Crippen LogP contribution in [0, 0.1) is 11.7 Å². The van der Waals surface area contributed by atoms with E-state index in [1.54, 1.807) is 19.9 Å². The molecule has 0 atom stereocenters. The molecule has 194 valence electrons. The summed E-state index contributed by atoms with van der Waals surface area (Å²) in [6, 6.07) is 9.61. The van der Waals surface area contributed by atoms with Gasteiger partial charge in [-0.2, -0.15) is 0 Å². The molecule has 11 heteroatoms. The Morgan fingerprint density at radius 1 is 1.05 bits per heavy atom. The fourth-order valence-electron chi connectivity index (χ4n) is 4.03. The van der Waals surface area contributed by atoms with Gasteiger partial charge in [0.1, 0.15) is 12.4 Å². The molecule has 0 fully saturated rings. The standard InChI is InChI=1S/C26H29FN6O4/c1-15(2)13-28-23(35)17-6-11-20-21(12-17)33-25(32(16(3)4)24(20)36)29-31(26(33)37)14-22(34)30(5)19-9-7-18(27)8-10-19/h6-12,15-16H,13-14H2,1-5H3,(H,28,35). The Labute approximate surface area is 211 Å². The summed E-state index contributed by atoms with van der Waals surface area (Å²) in [5, 5.41) is 7.41. The molecule has 0 unspecified atom stereocenters. The smallest absolute Gasteiger partial charge is 0.352 e. The molecule has 2 heterocycles. The zero-order valence-corrected chi connectivity index (χ0v) is 21.4. The van der Waals surface area contributed by atoms with Crippen molar-refractivity contribution in [2.24, 2.45) is 5.92 Å². The van der Waals surface area contributed by atoms with Crippen LogP contribution in [0.5, 0.6) is 0 Å². The van der Waals surface area contributed by atoms with Gasteiger partial charge < -0.3 is 10.2 Å². The molecule has 0 aliphatic rings. The fraction of sp³-hybridized carbons (Fsp3) is 0.346. The Bertz CT molecular complexity index is 1610. The highest BCUT2D eigenvalue weighted by molar-refractivity contribution is 5.98. The van der Waals surface area contributed by atoms with Crippen molar-refractivity contribution in [3.63, 3.8) is 0 Å². The van der Waals surface area contributed by atoms with Crippen molar-refractivity contribution >= 4 is 34.2 Å². The van der Waals surface area contributed by atoms with E-state index in [0.29, 0.717) is 17.8 Å². The molecule has 0 aliphatic carbocycles. The molecule has 4 aromatic rings. The van der Waals surface area contributed by atoms with Crippen LogP contribution in [0.25, 0.3) is 16.7 Å². The van der Waals surface area contributed by atoms with Gasteiger partial charge in [0, 0.05) is 30.9 Å². The lowest BCUT2D eigenvalue weighted by Gasteiger charge is -2.16. The minimum Gasteiger partial charge on any atom is -0.352 e. The number of benzene rings is 2. The molecular formula is C26H29FN6O4. The van der Waals surface area contributed by atoms with Gasteiger partial charge in [-0.1, -0.05) is 13.8 Å². The zero-order chi connectivity index (χ0) is 27.0. The summed E-state index contributed by atoms with van der Waals surface area (Å²) in [4.78, 5) is 53.7.